The van der Waals surface area contributed by atoms with Crippen molar-refractivity contribution in [1.29, 1.82) is 0 Å². The molecule has 1 aliphatic rings. The molecule has 0 heterocycles. The van der Waals surface area contributed by atoms with Gasteiger partial charge in [0.1, 0.15) is 0 Å². The highest BCUT2D eigenvalue weighted by atomic mass is 16.2. The lowest BCUT2D eigenvalue weighted by Crippen LogP contribution is -2.44. The van der Waals surface area contributed by atoms with Gasteiger partial charge in [0.15, 0.2) is 0 Å². The van der Waals surface area contributed by atoms with Crippen LogP contribution in [0, 0.1) is 6.92 Å². The van der Waals surface area contributed by atoms with Crippen LogP contribution in [-0.4, -0.2) is 36.5 Å². The Hall–Kier alpha value is -1.39. The van der Waals surface area contributed by atoms with Crippen molar-refractivity contribution >= 4 is 5.91 Å². The zero-order valence-corrected chi connectivity index (χ0v) is 13.3. The van der Waals surface area contributed by atoms with Gasteiger partial charge in [0.05, 0.1) is 12.6 Å². The van der Waals surface area contributed by atoms with E-state index in [1.54, 1.807) is 0 Å². The van der Waals surface area contributed by atoms with Crippen molar-refractivity contribution in [3.05, 3.63) is 35.4 Å². The lowest BCUT2D eigenvalue weighted by atomic mass is 9.96. The molecule has 2 atom stereocenters. The Kier molecular flexibility index (Phi) is 5.37. The first-order valence-electron chi connectivity index (χ1n) is 7.83. The average Bonchev–Trinajstić information content (AvgIpc) is 3.24. The zero-order valence-electron chi connectivity index (χ0n) is 13.3. The smallest absolute Gasteiger partial charge is 0.234 e. The van der Waals surface area contributed by atoms with E-state index in [4.69, 9.17) is 5.73 Å². The van der Waals surface area contributed by atoms with Crippen LogP contribution in [0.4, 0.5) is 0 Å². The van der Waals surface area contributed by atoms with Gasteiger partial charge in [0.25, 0.3) is 0 Å². The number of amides is 1. The highest BCUT2D eigenvalue weighted by Crippen LogP contribution is 2.24. The van der Waals surface area contributed by atoms with Gasteiger partial charge in [-0.25, -0.2) is 0 Å². The maximum atomic E-state index is 12.0. The Bertz CT molecular complexity index is 467. The summed E-state index contributed by atoms with van der Waals surface area (Å²) in [5.41, 5.74) is 8.71. The monoisotopic (exact) mass is 289 g/mol. The van der Waals surface area contributed by atoms with Gasteiger partial charge in [-0.05, 0) is 38.8 Å². The van der Waals surface area contributed by atoms with Gasteiger partial charge in [-0.1, -0.05) is 36.8 Å². The van der Waals surface area contributed by atoms with Crippen LogP contribution in [0.25, 0.3) is 0 Å². The third-order valence-corrected chi connectivity index (χ3v) is 4.11. The standard InChI is InChI=1S/C17H27N3O/c1-4-15(18)17(13-7-5-12(2)6-8-13)20(3)11-16(21)19-14-9-10-14/h5-8,14-15,17H,4,9-11,18H2,1-3H3,(H,19,21). The van der Waals surface area contributed by atoms with Crippen molar-refractivity contribution < 1.29 is 4.79 Å². The molecular weight excluding hydrogens is 262 g/mol. The van der Waals surface area contributed by atoms with E-state index in [1.807, 2.05) is 7.05 Å². The van der Waals surface area contributed by atoms with Crippen molar-refractivity contribution in [2.24, 2.45) is 5.73 Å². The van der Waals surface area contributed by atoms with Crippen LogP contribution in [0.1, 0.15) is 43.4 Å². The molecule has 1 saturated carbocycles. The highest BCUT2D eigenvalue weighted by Gasteiger charge is 2.27. The van der Waals surface area contributed by atoms with Crippen LogP contribution in [0.5, 0.6) is 0 Å². The lowest BCUT2D eigenvalue weighted by molar-refractivity contribution is -0.122. The lowest BCUT2D eigenvalue weighted by Gasteiger charge is -2.32. The number of nitrogens with two attached hydrogens (primary N) is 1. The predicted octanol–water partition coefficient (Wildman–Crippen LogP) is 1.98. The first-order valence-corrected chi connectivity index (χ1v) is 7.83. The molecule has 4 nitrogen and oxygen atoms in total. The topological polar surface area (TPSA) is 58.4 Å². The molecule has 3 N–H and O–H groups in total. The first kappa shape index (κ1) is 16.0. The fraction of sp³-hybridized carbons (Fsp3) is 0.588. The van der Waals surface area contributed by atoms with Crippen molar-refractivity contribution in [2.75, 3.05) is 13.6 Å². The predicted molar refractivity (Wildman–Crippen MR) is 86.0 cm³/mol. The number of rotatable bonds is 7. The molecule has 4 heteroatoms. The number of hydrogen-bond acceptors (Lipinski definition) is 3. The maximum Gasteiger partial charge on any atom is 0.234 e. The number of likely N-dealkylation sites (N-methyl/N-ethyl adjacent to an activating group) is 1. The van der Waals surface area contributed by atoms with E-state index in [2.05, 4.69) is 48.3 Å². The normalized spacial score (nSPS) is 17.6. The van der Waals surface area contributed by atoms with Crippen LogP contribution >= 0.6 is 0 Å². The van der Waals surface area contributed by atoms with Crippen LogP contribution in [-0.2, 0) is 4.79 Å². The Morgan fingerprint density at radius 2 is 2.00 bits per heavy atom. The van der Waals surface area contributed by atoms with E-state index < -0.39 is 0 Å². The fourth-order valence-electron chi connectivity index (χ4n) is 2.64. The van der Waals surface area contributed by atoms with Crippen molar-refractivity contribution in [1.82, 2.24) is 10.2 Å². The van der Waals surface area contributed by atoms with E-state index in [-0.39, 0.29) is 18.0 Å². The maximum absolute atomic E-state index is 12.0. The average molecular weight is 289 g/mol. The fourth-order valence-corrected chi connectivity index (χ4v) is 2.64. The first-order chi connectivity index (χ1) is 10.0. The molecule has 1 aromatic rings. The molecule has 1 aliphatic carbocycles. The Morgan fingerprint density at radius 3 is 2.52 bits per heavy atom. The molecular formula is C17H27N3O. The van der Waals surface area contributed by atoms with Crippen LogP contribution < -0.4 is 11.1 Å². The van der Waals surface area contributed by atoms with E-state index in [9.17, 15) is 4.79 Å². The summed E-state index contributed by atoms with van der Waals surface area (Å²) in [6.07, 6.45) is 3.11. The number of nitrogens with zero attached hydrogens (tertiary/aromatic N) is 1. The van der Waals surface area contributed by atoms with E-state index >= 15 is 0 Å². The molecule has 0 saturated heterocycles. The van der Waals surface area contributed by atoms with Gasteiger partial charge in [-0.15, -0.1) is 0 Å². The minimum absolute atomic E-state index is 0.0198. The molecule has 0 radical (unpaired) electrons. The van der Waals surface area contributed by atoms with Gasteiger partial charge < -0.3 is 11.1 Å². The Balaban J connectivity index is 2.06. The molecule has 2 rings (SSSR count). The minimum atomic E-state index is 0.0198. The van der Waals surface area contributed by atoms with Crippen molar-refractivity contribution in [3.8, 4) is 0 Å². The van der Waals surface area contributed by atoms with Gasteiger partial charge in [0.2, 0.25) is 5.91 Å². The second-order valence-electron chi connectivity index (χ2n) is 6.18. The third-order valence-electron chi connectivity index (χ3n) is 4.11. The Morgan fingerprint density at radius 1 is 1.38 bits per heavy atom. The molecule has 1 fully saturated rings. The van der Waals surface area contributed by atoms with E-state index in [0.29, 0.717) is 12.6 Å². The SMILES string of the molecule is CCC(N)C(c1ccc(C)cc1)N(C)CC(=O)NC1CC1. The zero-order chi connectivity index (χ0) is 15.4. The molecule has 0 spiro atoms. The summed E-state index contributed by atoms with van der Waals surface area (Å²) in [5, 5.41) is 3.04. The van der Waals surface area contributed by atoms with Crippen LogP contribution in [0.15, 0.2) is 24.3 Å². The third kappa shape index (κ3) is 4.55. The molecule has 21 heavy (non-hydrogen) atoms. The van der Waals surface area contributed by atoms with Gasteiger partial charge in [-0.3, -0.25) is 9.69 Å². The molecule has 1 aromatic carbocycles. The number of hydrogen-bond donors (Lipinski definition) is 2. The van der Waals surface area contributed by atoms with Gasteiger partial charge in [-0.2, -0.15) is 0 Å². The second-order valence-corrected chi connectivity index (χ2v) is 6.18. The number of carbonyl (C=O) groups is 1. The van der Waals surface area contributed by atoms with Crippen LogP contribution in [0.3, 0.4) is 0 Å². The van der Waals surface area contributed by atoms with Crippen molar-refractivity contribution in [2.45, 2.75) is 51.2 Å². The molecule has 116 valence electrons. The summed E-state index contributed by atoms with van der Waals surface area (Å²) in [4.78, 5) is 14.1. The van der Waals surface area contributed by atoms with Crippen molar-refractivity contribution in [3.63, 3.8) is 0 Å². The molecule has 2 unspecified atom stereocenters. The highest BCUT2D eigenvalue weighted by molar-refractivity contribution is 5.78. The summed E-state index contributed by atoms with van der Waals surface area (Å²) < 4.78 is 0. The quantitative estimate of drug-likeness (QED) is 0.807. The Labute approximate surface area is 127 Å². The number of carbonyl (C=O) groups excluding carboxylic acids is 1. The molecule has 0 aromatic heterocycles. The number of nitrogens with one attached hydrogen (secondary N) is 1. The number of aryl methyl sites for hydroxylation is 1. The summed E-state index contributed by atoms with van der Waals surface area (Å²) in [7, 11) is 1.98. The second kappa shape index (κ2) is 7.05. The summed E-state index contributed by atoms with van der Waals surface area (Å²) in [6, 6.07) is 8.93. The summed E-state index contributed by atoms with van der Waals surface area (Å²) in [6.45, 7) is 4.55. The molecule has 0 bridgehead atoms. The molecule has 1 amide bonds. The number of benzene rings is 1. The minimum Gasteiger partial charge on any atom is -0.352 e. The van der Waals surface area contributed by atoms with E-state index in [0.717, 1.165) is 19.3 Å². The van der Waals surface area contributed by atoms with Crippen LogP contribution in [0.2, 0.25) is 0 Å². The summed E-state index contributed by atoms with van der Waals surface area (Å²) >= 11 is 0. The van der Waals surface area contributed by atoms with E-state index in [1.165, 1.54) is 11.1 Å². The summed E-state index contributed by atoms with van der Waals surface area (Å²) in [5.74, 6) is 0.0976. The largest absolute Gasteiger partial charge is 0.352 e. The van der Waals surface area contributed by atoms with Gasteiger partial charge in [0, 0.05) is 12.1 Å². The van der Waals surface area contributed by atoms with Gasteiger partial charge >= 0.3 is 0 Å². The molecule has 0 aliphatic heterocycles.